The zero-order valence-corrected chi connectivity index (χ0v) is 14.6. The Balaban J connectivity index is 2.00. The fourth-order valence-corrected chi connectivity index (χ4v) is 2.41. The number of halogens is 1. The van der Waals surface area contributed by atoms with Crippen LogP contribution in [0.5, 0.6) is 5.75 Å². The van der Waals surface area contributed by atoms with Crippen molar-refractivity contribution < 1.29 is 9.53 Å². The number of hydrogen-bond donors (Lipinski definition) is 1. The summed E-state index contributed by atoms with van der Waals surface area (Å²) in [5.41, 5.74) is 3.53. The maximum Gasteiger partial charge on any atom is 0.261 e. The van der Waals surface area contributed by atoms with Crippen molar-refractivity contribution in [1.82, 2.24) is 5.32 Å². The van der Waals surface area contributed by atoms with E-state index in [9.17, 15) is 4.79 Å². The molecule has 4 heteroatoms. The molecule has 2 aromatic rings. The molecule has 23 heavy (non-hydrogen) atoms. The van der Waals surface area contributed by atoms with Gasteiger partial charge < -0.3 is 10.1 Å². The molecule has 122 valence electrons. The minimum Gasteiger partial charge on any atom is -0.479 e. The van der Waals surface area contributed by atoms with Gasteiger partial charge in [0.1, 0.15) is 5.75 Å². The quantitative estimate of drug-likeness (QED) is 0.869. The number of aryl methyl sites for hydroxylation is 2. The molecule has 0 aromatic heterocycles. The first-order valence-corrected chi connectivity index (χ1v) is 8.05. The highest BCUT2D eigenvalue weighted by Gasteiger charge is 2.18. The van der Waals surface area contributed by atoms with Crippen molar-refractivity contribution in [3.8, 4) is 5.75 Å². The Bertz CT molecular complexity index is 700. The molecule has 3 nitrogen and oxygen atoms in total. The average Bonchev–Trinajstić information content (AvgIpc) is 2.52. The lowest BCUT2D eigenvalue weighted by molar-refractivity contribution is -0.127. The maximum absolute atomic E-state index is 12.3. The summed E-state index contributed by atoms with van der Waals surface area (Å²) in [6, 6.07) is 13.2. The Kier molecular flexibility index (Phi) is 5.67. The molecule has 0 aliphatic carbocycles. The van der Waals surface area contributed by atoms with Crippen LogP contribution in [-0.4, -0.2) is 12.0 Å². The first kappa shape index (κ1) is 17.4. The number of para-hydroxylation sites is 1. The second kappa shape index (κ2) is 7.51. The minimum absolute atomic E-state index is 0.0842. The third-order valence-electron chi connectivity index (χ3n) is 3.90. The van der Waals surface area contributed by atoms with Crippen molar-refractivity contribution in [2.45, 2.75) is 39.8 Å². The number of nitrogens with one attached hydrogen (secondary N) is 1. The van der Waals surface area contributed by atoms with Gasteiger partial charge in [-0.25, -0.2) is 0 Å². The third-order valence-corrected chi connectivity index (χ3v) is 4.21. The van der Waals surface area contributed by atoms with Gasteiger partial charge in [-0.15, -0.1) is 0 Å². The van der Waals surface area contributed by atoms with E-state index in [-0.39, 0.29) is 11.9 Å². The van der Waals surface area contributed by atoms with Crippen molar-refractivity contribution >= 4 is 17.5 Å². The second-order valence-electron chi connectivity index (χ2n) is 5.76. The van der Waals surface area contributed by atoms with Crippen LogP contribution in [-0.2, 0) is 4.79 Å². The topological polar surface area (TPSA) is 38.3 Å². The Morgan fingerprint density at radius 1 is 1.09 bits per heavy atom. The summed E-state index contributed by atoms with van der Waals surface area (Å²) in [5.74, 6) is 0.339. The number of carbonyl (C=O) groups excluding carboxylic acids is 1. The van der Waals surface area contributed by atoms with Gasteiger partial charge in [-0.2, -0.15) is 0 Å². The van der Waals surface area contributed by atoms with Crippen LogP contribution in [0.2, 0.25) is 5.02 Å². The Morgan fingerprint density at radius 2 is 1.78 bits per heavy atom. The van der Waals surface area contributed by atoms with E-state index in [1.54, 1.807) is 19.1 Å². The summed E-state index contributed by atoms with van der Waals surface area (Å²) in [7, 11) is 0. The van der Waals surface area contributed by atoms with Crippen LogP contribution in [0.3, 0.4) is 0 Å². The predicted molar refractivity (Wildman–Crippen MR) is 94.0 cm³/mol. The Morgan fingerprint density at radius 3 is 2.43 bits per heavy atom. The molecular formula is C19H22ClNO2. The molecule has 0 fully saturated rings. The lowest BCUT2D eigenvalue weighted by Crippen LogP contribution is -2.37. The van der Waals surface area contributed by atoms with E-state index in [1.165, 1.54) is 11.1 Å². The second-order valence-corrected chi connectivity index (χ2v) is 6.17. The van der Waals surface area contributed by atoms with Gasteiger partial charge in [0.2, 0.25) is 0 Å². The smallest absolute Gasteiger partial charge is 0.261 e. The van der Waals surface area contributed by atoms with Gasteiger partial charge in [-0.05, 0) is 56.5 Å². The molecule has 0 saturated heterocycles. The van der Waals surface area contributed by atoms with Gasteiger partial charge in [0.25, 0.3) is 5.91 Å². The molecule has 0 radical (unpaired) electrons. The van der Waals surface area contributed by atoms with E-state index in [2.05, 4.69) is 31.3 Å². The van der Waals surface area contributed by atoms with Gasteiger partial charge in [0.05, 0.1) is 11.1 Å². The predicted octanol–water partition coefficient (Wildman–Crippen LogP) is 4.60. The molecule has 0 unspecified atom stereocenters. The molecule has 1 amide bonds. The van der Waals surface area contributed by atoms with Crippen molar-refractivity contribution in [3.05, 3.63) is 64.2 Å². The van der Waals surface area contributed by atoms with Gasteiger partial charge in [-0.3, -0.25) is 4.79 Å². The summed E-state index contributed by atoms with van der Waals surface area (Å²) in [4.78, 5) is 12.3. The summed E-state index contributed by atoms with van der Waals surface area (Å²) in [6.07, 6.45) is -0.621. The SMILES string of the molecule is Cc1ccc([C@H](C)NC(=O)[C@H](C)Oc2ccccc2Cl)cc1C. The summed E-state index contributed by atoms with van der Waals surface area (Å²) < 4.78 is 5.64. The summed E-state index contributed by atoms with van der Waals surface area (Å²) >= 11 is 6.05. The fourth-order valence-electron chi connectivity index (χ4n) is 2.23. The molecule has 0 heterocycles. The molecule has 2 atom stereocenters. The van der Waals surface area contributed by atoms with E-state index in [1.807, 2.05) is 25.1 Å². The van der Waals surface area contributed by atoms with Crippen molar-refractivity contribution in [1.29, 1.82) is 0 Å². The Hall–Kier alpha value is -2.00. The molecule has 2 rings (SSSR count). The fraction of sp³-hybridized carbons (Fsp3) is 0.316. The average molecular weight is 332 g/mol. The van der Waals surface area contributed by atoms with Gasteiger partial charge in [0.15, 0.2) is 6.10 Å². The summed E-state index contributed by atoms with van der Waals surface area (Å²) in [5, 5.41) is 3.47. The highest BCUT2D eigenvalue weighted by molar-refractivity contribution is 6.32. The van der Waals surface area contributed by atoms with Crippen LogP contribution in [0.15, 0.2) is 42.5 Å². The van der Waals surface area contributed by atoms with E-state index in [0.717, 1.165) is 5.56 Å². The van der Waals surface area contributed by atoms with Crippen LogP contribution < -0.4 is 10.1 Å². The van der Waals surface area contributed by atoms with E-state index >= 15 is 0 Å². The third kappa shape index (κ3) is 4.49. The molecular weight excluding hydrogens is 310 g/mol. The molecule has 0 aliphatic rings. The number of ether oxygens (including phenoxy) is 1. The minimum atomic E-state index is -0.621. The van der Waals surface area contributed by atoms with E-state index in [0.29, 0.717) is 10.8 Å². The highest BCUT2D eigenvalue weighted by atomic mass is 35.5. The number of benzene rings is 2. The molecule has 0 spiro atoms. The van der Waals surface area contributed by atoms with Crippen LogP contribution in [0.1, 0.15) is 36.6 Å². The van der Waals surface area contributed by atoms with Crippen LogP contribution >= 0.6 is 11.6 Å². The van der Waals surface area contributed by atoms with E-state index in [4.69, 9.17) is 16.3 Å². The lowest BCUT2D eigenvalue weighted by Gasteiger charge is -2.20. The highest BCUT2D eigenvalue weighted by Crippen LogP contribution is 2.24. The molecule has 2 aromatic carbocycles. The van der Waals surface area contributed by atoms with E-state index < -0.39 is 6.10 Å². The van der Waals surface area contributed by atoms with Crippen LogP contribution in [0, 0.1) is 13.8 Å². The van der Waals surface area contributed by atoms with Crippen LogP contribution in [0.25, 0.3) is 0 Å². The number of amides is 1. The Labute approximate surface area is 142 Å². The molecule has 1 N–H and O–H groups in total. The largest absolute Gasteiger partial charge is 0.479 e. The molecule has 0 saturated carbocycles. The van der Waals surface area contributed by atoms with Crippen molar-refractivity contribution in [3.63, 3.8) is 0 Å². The van der Waals surface area contributed by atoms with Gasteiger partial charge in [-0.1, -0.05) is 41.9 Å². The summed E-state index contributed by atoms with van der Waals surface area (Å²) in [6.45, 7) is 7.81. The molecule has 0 aliphatic heterocycles. The van der Waals surface area contributed by atoms with Crippen molar-refractivity contribution in [2.24, 2.45) is 0 Å². The number of rotatable bonds is 5. The number of carbonyl (C=O) groups is 1. The normalized spacial score (nSPS) is 13.3. The zero-order chi connectivity index (χ0) is 17.0. The standard InChI is InChI=1S/C19H22ClNO2/c1-12-9-10-16(11-13(12)2)14(3)21-19(22)15(4)23-18-8-6-5-7-17(18)20/h5-11,14-15H,1-4H3,(H,21,22)/t14-,15-/m0/s1. The van der Waals surface area contributed by atoms with Gasteiger partial charge >= 0.3 is 0 Å². The molecule has 0 bridgehead atoms. The maximum atomic E-state index is 12.3. The number of hydrogen-bond acceptors (Lipinski definition) is 2. The van der Waals surface area contributed by atoms with Gasteiger partial charge in [0, 0.05) is 0 Å². The monoisotopic (exact) mass is 331 g/mol. The van der Waals surface area contributed by atoms with Crippen LogP contribution in [0.4, 0.5) is 0 Å². The van der Waals surface area contributed by atoms with Crippen molar-refractivity contribution in [2.75, 3.05) is 0 Å². The first-order chi connectivity index (χ1) is 10.9. The zero-order valence-electron chi connectivity index (χ0n) is 13.9. The first-order valence-electron chi connectivity index (χ1n) is 7.67. The lowest BCUT2D eigenvalue weighted by atomic mass is 10.0.